The Bertz CT molecular complexity index is 193. The molecule has 6 heteroatoms. The van der Waals surface area contributed by atoms with Gasteiger partial charge in [-0.1, -0.05) is 0 Å². The second-order valence-electron chi connectivity index (χ2n) is 1.43. The molecule has 0 aromatic carbocycles. The molecule has 10 heavy (non-hydrogen) atoms. The third-order valence-corrected chi connectivity index (χ3v) is 0.778. The highest BCUT2D eigenvalue weighted by atomic mass is 16.6. The maximum Gasteiger partial charge on any atom is 0.143 e. The summed E-state index contributed by atoms with van der Waals surface area (Å²) in [5.41, 5.74) is 2.49. The van der Waals surface area contributed by atoms with Crippen molar-refractivity contribution in [3.8, 4) is 0 Å². The van der Waals surface area contributed by atoms with Gasteiger partial charge in [-0.15, -0.1) is 5.10 Å². The van der Waals surface area contributed by atoms with Gasteiger partial charge in [0.05, 0.1) is 13.3 Å². The standard InChI is InChI=1S/C4H7N5O/c1-10-6-2-3-9-4-5-7-8-9/h2-4,6H,1H3/b3-2+. The molecule has 1 aromatic rings. The zero-order chi connectivity index (χ0) is 7.23. The molecule has 0 bridgehead atoms. The van der Waals surface area contributed by atoms with Gasteiger partial charge in [0.2, 0.25) is 0 Å². The molecule has 0 radical (unpaired) electrons. The Morgan fingerprint density at radius 1 is 1.70 bits per heavy atom. The number of tetrazole rings is 1. The van der Waals surface area contributed by atoms with E-state index in [0.717, 1.165) is 0 Å². The topological polar surface area (TPSA) is 64.9 Å². The zero-order valence-electron chi connectivity index (χ0n) is 5.43. The summed E-state index contributed by atoms with van der Waals surface area (Å²) in [5, 5.41) is 10.4. The second kappa shape index (κ2) is 3.57. The van der Waals surface area contributed by atoms with E-state index in [2.05, 4.69) is 25.8 Å². The van der Waals surface area contributed by atoms with E-state index < -0.39 is 0 Å². The van der Waals surface area contributed by atoms with Crippen molar-refractivity contribution in [1.82, 2.24) is 25.7 Å². The minimum atomic E-state index is 1.44. The predicted octanol–water partition coefficient (Wildman–Crippen LogP) is -0.748. The second-order valence-corrected chi connectivity index (χ2v) is 1.43. The van der Waals surface area contributed by atoms with E-state index >= 15 is 0 Å². The van der Waals surface area contributed by atoms with Crippen molar-refractivity contribution < 1.29 is 4.84 Å². The van der Waals surface area contributed by atoms with Crippen molar-refractivity contribution in [1.29, 1.82) is 0 Å². The SMILES string of the molecule is CON/C=C/n1cnnn1. The lowest BCUT2D eigenvalue weighted by Crippen LogP contribution is -2.01. The van der Waals surface area contributed by atoms with Gasteiger partial charge < -0.3 is 0 Å². The Morgan fingerprint density at radius 2 is 2.60 bits per heavy atom. The smallest absolute Gasteiger partial charge is 0.143 e. The van der Waals surface area contributed by atoms with Crippen LogP contribution >= 0.6 is 0 Å². The molecular weight excluding hydrogens is 134 g/mol. The fourth-order valence-electron chi connectivity index (χ4n) is 0.412. The summed E-state index contributed by atoms with van der Waals surface area (Å²) < 4.78 is 1.44. The van der Waals surface area contributed by atoms with Crippen molar-refractivity contribution in [2.75, 3.05) is 7.11 Å². The first-order chi connectivity index (χ1) is 4.93. The average Bonchev–Trinajstić information content (AvgIpc) is 2.41. The first-order valence-corrected chi connectivity index (χ1v) is 2.61. The number of hydrogen-bond acceptors (Lipinski definition) is 5. The van der Waals surface area contributed by atoms with E-state index in [4.69, 9.17) is 0 Å². The largest absolute Gasteiger partial charge is 0.280 e. The van der Waals surface area contributed by atoms with E-state index in [1.165, 1.54) is 18.1 Å². The van der Waals surface area contributed by atoms with E-state index in [9.17, 15) is 0 Å². The van der Waals surface area contributed by atoms with E-state index in [-0.39, 0.29) is 0 Å². The lowest BCUT2D eigenvalue weighted by atomic mass is 10.9. The molecule has 1 heterocycles. The highest BCUT2D eigenvalue weighted by molar-refractivity contribution is 5.15. The van der Waals surface area contributed by atoms with Gasteiger partial charge in [0.15, 0.2) is 0 Å². The quantitative estimate of drug-likeness (QED) is 0.561. The van der Waals surface area contributed by atoms with Gasteiger partial charge in [-0.25, -0.2) is 4.68 Å². The molecule has 0 unspecified atom stereocenters. The summed E-state index contributed by atoms with van der Waals surface area (Å²) in [7, 11) is 1.52. The molecule has 1 N–H and O–H groups in total. The number of aromatic nitrogens is 4. The molecule has 0 aliphatic rings. The Hall–Kier alpha value is -1.43. The van der Waals surface area contributed by atoms with Gasteiger partial charge in [0.25, 0.3) is 0 Å². The lowest BCUT2D eigenvalue weighted by Gasteiger charge is -1.90. The molecule has 0 aliphatic carbocycles. The first-order valence-electron chi connectivity index (χ1n) is 2.61. The van der Waals surface area contributed by atoms with Crippen LogP contribution in [0.25, 0.3) is 6.20 Å². The van der Waals surface area contributed by atoms with Crippen molar-refractivity contribution in [3.63, 3.8) is 0 Å². The van der Waals surface area contributed by atoms with Gasteiger partial charge in [-0.2, -0.15) is 0 Å². The lowest BCUT2D eigenvalue weighted by molar-refractivity contribution is 0.129. The van der Waals surface area contributed by atoms with Crippen LogP contribution in [0.5, 0.6) is 0 Å². The molecule has 1 aromatic heterocycles. The van der Waals surface area contributed by atoms with Crippen molar-refractivity contribution in [3.05, 3.63) is 12.5 Å². The first kappa shape index (κ1) is 6.69. The Kier molecular flexibility index (Phi) is 2.39. The maximum atomic E-state index is 4.52. The maximum absolute atomic E-state index is 4.52. The van der Waals surface area contributed by atoms with E-state index in [0.29, 0.717) is 0 Å². The van der Waals surface area contributed by atoms with Gasteiger partial charge in [0, 0.05) is 6.20 Å². The van der Waals surface area contributed by atoms with E-state index in [1.807, 2.05) is 0 Å². The summed E-state index contributed by atoms with van der Waals surface area (Å²) in [6, 6.07) is 0. The van der Waals surface area contributed by atoms with Gasteiger partial charge in [-0.3, -0.25) is 10.3 Å². The number of hydrogen-bond donors (Lipinski definition) is 1. The summed E-state index contributed by atoms with van der Waals surface area (Å²) in [4.78, 5) is 4.52. The molecule has 0 fully saturated rings. The van der Waals surface area contributed by atoms with E-state index in [1.54, 1.807) is 12.4 Å². The normalized spacial score (nSPS) is 10.5. The van der Waals surface area contributed by atoms with Crippen LogP contribution in [-0.2, 0) is 4.84 Å². The fraction of sp³-hybridized carbons (Fsp3) is 0.250. The molecule has 0 amide bonds. The van der Waals surface area contributed by atoms with Crippen LogP contribution in [0.4, 0.5) is 0 Å². The minimum absolute atomic E-state index is 1.44. The highest BCUT2D eigenvalue weighted by Gasteiger charge is 1.80. The van der Waals surface area contributed by atoms with Crippen molar-refractivity contribution >= 4 is 6.20 Å². The Morgan fingerprint density at radius 3 is 3.20 bits per heavy atom. The highest BCUT2D eigenvalue weighted by Crippen LogP contribution is 1.75. The molecule has 0 saturated carbocycles. The number of nitrogens with zero attached hydrogens (tertiary/aromatic N) is 4. The molecule has 6 nitrogen and oxygen atoms in total. The van der Waals surface area contributed by atoms with Crippen LogP contribution < -0.4 is 5.48 Å². The molecule has 1 rings (SSSR count). The third-order valence-electron chi connectivity index (χ3n) is 0.778. The Labute approximate surface area is 57.4 Å². The summed E-state index contributed by atoms with van der Waals surface area (Å²) in [6.45, 7) is 0. The van der Waals surface area contributed by atoms with Gasteiger partial charge in [-0.05, 0) is 10.4 Å². The third kappa shape index (κ3) is 1.82. The van der Waals surface area contributed by atoms with Crippen LogP contribution in [0, 0.1) is 0 Å². The minimum Gasteiger partial charge on any atom is -0.280 e. The summed E-state index contributed by atoms with van der Waals surface area (Å²) >= 11 is 0. The molecule has 0 saturated heterocycles. The summed E-state index contributed by atoms with van der Waals surface area (Å²) in [6.07, 6.45) is 4.65. The van der Waals surface area contributed by atoms with Gasteiger partial charge >= 0.3 is 0 Å². The number of hydroxylamine groups is 1. The molecule has 0 spiro atoms. The molecule has 0 aliphatic heterocycles. The fourth-order valence-corrected chi connectivity index (χ4v) is 0.412. The van der Waals surface area contributed by atoms with Crippen molar-refractivity contribution in [2.24, 2.45) is 0 Å². The number of rotatable bonds is 3. The van der Waals surface area contributed by atoms with Crippen LogP contribution in [0.15, 0.2) is 12.5 Å². The van der Waals surface area contributed by atoms with Crippen LogP contribution in [0.2, 0.25) is 0 Å². The predicted molar refractivity (Wildman–Crippen MR) is 33.3 cm³/mol. The monoisotopic (exact) mass is 141 g/mol. The Balaban J connectivity index is 2.40. The number of nitrogens with one attached hydrogen (secondary N) is 1. The van der Waals surface area contributed by atoms with Crippen LogP contribution in [0.3, 0.4) is 0 Å². The molecule has 54 valence electrons. The van der Waals surface area contributed by atoms with Crippen LogP contribution in [-0.4, -0.2) is 27.3 Å². The molecule has 0 atom stereocenters. The molecular formula is C4H7N5O. The summed E-state index contributed by atoms with van der Waals surface area (Å²) in [5.74, 6) is 0. The zero-order valence-corrected chi connectivity index (χ0v) is 5.43. The van der Waals surface area contributed by atoms with Crippen LogP contribution in [0.1, 0.15) is 0 Å². The van der Waals surface area contributed by atoms with Crippen molar-refractivity contribution in [2.45, 2.75) is 0 Å². The average molecular weight is 141 g/mol. The van der Waals surface area contributed by atoms with Gasteiger partial charge in [0.1, 0.15) is 6.33 Å².